The van der Waals surface area contributed by atoms with E-state index < -0.39 is 0 Å². The van der Waals surface area contributed by atoms with Crippen LogP contribution in [0.3, 0.4) is 0 Å². The van der Waals surface area contributed by atoms with Crippen molar-refractivity contribution < 1.29 is 4.74 Å². The molecule has 74 valence electrons. The Bertz CT molecular complexity index is 317. The van der Waals surface area contributed by atoms with Crippen LogP contribution >= 0.6 is 0 Å². The Hall–Kier alpha value is -1.08. The topological polar surface area (TPSA) is 9.23 Å². The molecular formula is C13H16O. The van der Waals surface area contributed by atoms with Crippen molar-refractivity contribution in [2.45, 2.75) is 31.5 Å². The molecule has 0 radical (unpaired) electrons. The third-order valence-electron chi connectivity index (χ3n) is 2.96. The summed E-state index contributed by atoms with van der Waals surface area (Å²) in [5, 5.41) is 0. The van der Waals surface area contributed by atoms with Gasteiger partial charge in [0.2, 0.25) is 0 Å². The summed E-state index contributed by atoms with van der Waals surface area (Å²) in [6.45, 7) is 5.94. The molecule has 1 aromatic rings. The first kappa shape index (κ1) is 9.47. The maximum absolute atomic E-state index is 5.97. The van der Waals surface area contributed by atoms with E-state index in [2.05, 4.69) is 37.8 Å². The standard InChI is InChI=1S/C13H16O/c1-3-12-9-10-13(2,14-12)11-7-5-4-6-8-11/h3-8,12H,1,9-10H2,2H3. The van der Waals surface area contributed by atoms with E-state index in [1.165, 1.54) is 5.56 Å². The molecule has 1 heterocycles. The maximum atomic E-state index is 5.97. The highest BCUT2D eigenvalue weighted by Gasteiger charge is 2.35. The molecule has 1 aliphatic heterocycles. The number of benzene rings is 1. The maximum Gasteiger partial charge on any atom is 0.0912 e. The van der Waals surface area contributed by atoms with Crippen molar-refractivity contribution in [3.8, 4) is 0 Å². The fourth-order valence-electron chi connectivity index (χ4n) is 2.04. The van der Waals surface area contributed by atoms with Gasteiger partial charge in [0.1, 0.15) is 0 Å². The predicted octanol–water partition coefficient (Wildman–Crippen LogP) is 3.27. The molecule has 1 heteroatoms. The van der Waals surface area contributed by atoms with Gasteiger partial charge in [-0.15, -0.1) is 6.58 Å². The van der Waals surface area contributed by atoms with E-state index in [4.69, 9.17) is 4.74 Å². The highest BCUT2D eigenvalue weighted by Crippen LogP contribution is 2.38. The summed E-state index contributed by atoms with van der Waals surface area (Å²) in [4.78, 5) is 0. The van der Waals surface area contributed by atoms with E-state index in [-0.39, 0.29) is 11.7 Å². The summed E-state index contributed by atoms with van der Waals surface area (Å²) in [6.07, 6.45) is 4.27. The number of ether oxygens (including phenoxy) is 1. The molecule has 1 aliphatic rings. The largest absolute Gasteiger partial charge is 0.363 e. The van der Waals surface area contributed by atoms with Gasteiger partial charge < -0.3 is 4.74 Å². The SMILES string of the molecule is C=CC1CCC(C)(c2ccccc2)O1. The van der Waals surface area contributed by atoms with Crippen LogP contribution in [0, 0.1) is 0 Å². The molecule has 0 N–H and O–H groups in total. The molecule has 0 saturated carbocycles. The van der Waals surface area contributed by atoms with Crippen LogP contribution < -0.4 is 0 Å². The Morgan fingerprint density at radius 2 is 2.14 bits per heavy atom. The van der Waals surface area contributed by atoms with Crippen LogP contribution in [0.5, 0.6) is 0 Å². The number of rotatable bonds is 2. The summed E-state index contributed by atoms with van der Waals surface area (Å²) in [5.41, 5.74) is 1.16. The van der Waals surface area contributed by atoms with Gasteiger partial charge in [0, 0.05) is 0 Å². The highest BCUT2D eigenvalue weighted by molar-refractivity contribution is 5.23. The average Bonchev–Trinajstić information content (AvgIpc) is 2.63. The van der Waals surface area contributed by atoms with Gasteiger partial charge in [0.25, 0.3) is 0 Å². The van der Waals surface area contributed by atoms with Crippen LogP contribution in [0.1, 0.15) is 25.3 Å². The molecule has 0 amide bonds. The predicted molar refractivity (Wildman–Crippen MR) is 58.1 cm³/mol. The first-order valence-electron chi connectivity index (χ1n) is 5.10. The zero-order valence-electron chi connectivity index (χ0n) is 8.57. The second-order valence-electron chi connectivity index (χ2n) is 4.03. The van der Waals surface area contributed by atoms with Gasteiger partial charge >= 0.3 is 0 Å². The smallest absolute Gasteiger partial charge is 0.0912 e. The fourth-order valence-corrected chi connectivity index (χ4v) is 2.04. The number of hydrogen-bond acceptors (Lipinski definition) is 1. The van der Waals surface area contributed by atoms with E-state index in [1.54, 1.807) is 0 Å². The fraction of sp³-hybridized carbons (Fsp3) is 0.385. The molecule has 0 aliphatic carbocycles. The average molecular weight is 188 g/mol. The Labute approximate surface area is 85.4 Å². The van der Waals surface area contributed by atoms with E-state index in [1.807, 2.05) is 12.1 Å². The monoisotopic (exact) mass is 188 g/mol. The Balaban J connectivity index is 2.22. The third-order valence-corrected chi connectivity index (χ3v) is 2.96. The normalized spacial score (nSPS) is 31.6. The Morgan fingerprint density at radius 1 is 1.43 bits per heavy atom. The van der Waals surface area contributed by atoms with Gasteiger partial charge in [0.15, 0.2) is 0 Å². The minimum absolute atomic E-state index is 0.111. The Kier molecular flexibility index (Phi) is 2.42. The van der Waals surface area contributed by atoms with E-state index in [9.17, 15) is 0 Å². The summed E-state index contributed by atoms with van der Waals surface area (Å²) < 4.78 is 5.97. The summed E-state index contributed by atoms with van der Waals surface area (Å²) in [6, 6.07) is 10.4. The molecule has 1 saturated heterocycles. The van der Waals surface area contributed by atoms with Crippen LogP contribution in [0.15, 0.2) is 43.0 Å². The lowest BCUT2D eigenvalue weighted by atomic mass is 9.93. The first-order valence-corrected chi connectivity index (χ1v) is 5.10. The van der Waals surface area contributed by atoms with E-state index in [0.29, 0.717) is 0 Å². The molecule has 0 aromatic heterocycles. The summed E-state index contributed by atoms with van der Waals surface area (Å²) in [7, 11) is 0. The lowest BCUT2D eigenvalue weighted by molar-refractivity contribution is -0.0130. The van der Waals surface area contributed by atoms with Crippen molar-refractivity contribution in [1.82, 2.24) is 0 Å². The van der Waals surface area contributed by atoms with Crippen molar-refractivity contribution in [3.05, 3.63) is 48.6 Å². The van der Waals surface area contributed by atoms with E-state index in [0.717, 1.165) is 12.8 Å². The molecule has 0 spiro atoms. The molecule has 2 atom stereocenters. The van der Waals surface area contributed by atoms with Crippen molar-refractivity contribution in [2.75, 3.05) is 0 Å². The van der Waals surface area contributed by atoms with Crippen molar-refractivity contribution in [2.24, 2.45) is 0 Å². The van der Waals surface area contributed by atoms with Crippen LogP contribution in [-0.2, 0) is 10.3 Å². The van der Waals surface area contributed by atoms with Crippen molar-refractivity contribution >= 4 is 0 Å². The highest BCUT2D eigenvalue weighted by atomic mass is 16.5. The van der Waals surface area contributed by atoms with Gasteiger partial charge in [-0.3, -0.25) is 0 Å². The van der Waals surface area contributed by atoms with Crippen molar-refractivity contribution in [1.29, 1.82) is 0 Å². The lowest BCUT2D eigenvalue weighted by Crippen LogP contribution is -2.21. The van der Waals surface area contributed by atoms with Crippen LogP contribution in [0.4, 0.5) is 0 Å². The second-order valence-corrected chi connectivity index (χ2v) is 4.03. The molecule has 14 heavy (non-hydrogen) atoms. The van der Waals surface area contributed by atoms with Gasteiger partial charge in [-0.1, -0.05) is 36.4 Å². The summed E-state index contributed by atoms with van der Waals surface area (Å²) >= 11 is 0. The van der Waals surface area contributed by atoms with Gasteiger partial charge in [-0.2, -0.15) is 0 Å². The molecule has 1 aromatic carbocycles. The zero-order valence-corrected chi connectivity index (χ0v) is 8.57. The van der Waals surface area contributed by atoms with Crippen LogP contribution in [0.2, 0.25) is 0 Å². The minimum atomic E-state index is -0.111. The minimum Gasteiger partial charge on any atom is -0.363 e. The first-order chi connectivity index (χ1) is 6.74. The van der Waals surface area contributed by atoms with Crippen molar-refractivity contribution in [3.63, 3.8) is 0 Å². The molecule has 2 unspecified atom stereocenters. The Morgan fingerprint density at radius 3 is 2.71 bits per heavy atom. The summed E-state index contributed by atoms with van der Waals surface area (Å²) in [5.74, 6) is 0. The third kappa shape index (κ3) is 1.60. The quantitative estimate of drug-likeness (QED) is 0.647. The van der Waals surface area contributed by atoms with Gasteiger partial charge in [-0.05, 0) is 25.3 Å². The van der Waals surface area contributed by atoms with E-state index >= 15 is 0 Å². The second kappa shape index (κ2) is 3.58. The molecule has 0 bridgehead atoms. The molecule has 1 fully saturated rings. The molecule has 1 nitrogen and oxygen atoms in total. The van der Waals surface area contributed by atoms with Gasteiger partial charge in [0.05, 0.1) is 11.7 Å². The zero-order chi connectivity index (χ0) is 10.0. The number of hydrogen-bond donors (Lipinski definition) is 0. The molecule has 2 rings (SSSR count). The lowest BCUT2D eigenvalue weighted by Gasteiger charge is -2.24. The molecular weight excluding hydrogens is 172 g/mol. The van der Waals surface area contributed by atoms with Gasteiger partial charge in [-0.25, -0.2) is 0 Å². The van der Waals surface area contributed by atoms with Crippen LogP contribution in [0.25, 0.3) is 0 Å². The van der Waals surface area contributed by atoms with Crippen LogP contribution in [-0.4, -0.2) is 6.10 Å².